The largest absolute Gasteiger partial charge is 0.287 e. The zero-order valence-corrected chi connectivity index (χ0v) is 6.82. The quantitative estimate of drug-likeness (QED) is 0.519. The molecule has 58 valence electrons. The summed E-state index contributed by atoms with van der Waals surface area (Å²) < 4.78 is 1.99. The minimum Gasteiger partial charge on any atom is -0.287 e. The molecule has 0 aliphatic carbocycles. The fourth-order valence-corrected chi connectivity index (χ4v) is 1.91. The maximum Gasteiger partial charge on any atom is 0.196 e. The maximum atomic E-state index is 4.31. The summed E-state index contributed by atoms with van der Waals surface area (Å²) in [5.74, 6) is 0. The predicted molar refractivity (Wildman–Crippen MR) is 46.2 cm³/mol. The van der Waals surface area contributed by atoms with Crippen LogP contribution < -0.4 is 0 Å². The molecule has 0 spiro atoms. The maximum absolute atomic E-state index is 4.31. The second-order valence-electron chi connectivity index (χ2n) is 2.40. The molecular weight excluding hydrogens is 172 g/mol. The van der Waals surface area contributed by atoms with Gasteiger partial charge < -0.3 is 0 Å². The van der Waals surface area contributed by atoms with Crippen molar-refractivity contribution < 1.29 is 0 Å². The summed E-state index contributed by atoms with van der Waals surface area (Å²) in [6.45, 7) is 0. The van der Waals surface area contributed by atoms with Crippen molar-refractivity contribution in [2.24, 2.45) is 0 Å². The van der Waals surface area contributed by atoms with E-state index >= 15 is 0 Å². The molecule has 0 saturated carbocycles. The van der Waals surface area contributed by atoms with Crippen molar-refractivity contribution in [3.05, 3.63) is 24.1 Å². The van der Waals surface area contributed by atoms with E-state index in [2.05, 4.69) is 15.0 Å². The van der Waals surface area contributed by atoms with Crippen LogP contribution in [0.4, 0.5) is 0 Å². The number of rotatable bonds is 0. The first-order valence-corrected chi connectivity index (χ1v) is 4.34. The van der Waals surface area contributed by atoms with E-state index in [1.165, 1.54) is 6.33 Å². The molecule has 0 aromatic carbocycles. The Morgan fingerprint density at radius 2 is 2.42 bits per heavy atom. The molecular formula is C7H4N4S. The Kier molecular flexibility index (Phi) is 1.02. The lowest BCUT2D eigenvalue weighted by atomic mass is 10.5. The predicted octanol–water partition coefficient (Wildman–Crippen LogP) is 1.34. The van der Waals surface area contributed by atoms with Gasteiger partial charge in [-0.2, -0.15) is 4.98 Å². The van der Waals surface area contributed by atoms with Gasteiger partial charge in [0.05, 0.1) is 6.20 Å². The Morgan fingerprint density at radius 1 is 1.42 bits per heavy atom. The van der Waals surface area contributed by atoms with E-state index < -0.39 is 0 Å². The highest BCUT2D eigenvalue weighted by Crippen LogP contribution is 2.16. The standard InChI is InChI=1S/C7H4N4S/c1-2-12-7-10-6-5(11(1)7)3-8-4-9-6/h1-4H. The minimum atomic E-state index is 0.761. The molecule has 0 N–H and O–H groups in total. The first-order chi connectivity index (χ1) is 5.95. The van der Waals surface area contributed by atoms with Gasteiger partial charge in [0.25, 0.3) is 0 Å². The van der Waals surface area contributed by atoms with Crippen LogP contribution in [0.15, 0.2) is 24.1 Å². The normalized spacial score (nSPS) is 11.3. The third-order valence-electron chi connectivity index (χ3n) is 1.72. The molecule has 0 aliphatic heterocycles. The molecule has 0 atom stereocenters. The van der Waals surface area contributed by atoms with E-state index in [1.54, 1.807) is 17.5 Å². The van der Waals surface area contributed by atoms with Crippen LogP contribution in [0.3, 0.4) is 0 Å². The molecule has 0 fully saturated rings. The van der Waals surface area contributed by atoms with E-state index in [4.69, 9.17) is 0 Å². The second kappa shape index (κ2) is 2.01. The van der Waals surface area contributed by atoms with Crippen molar-refractivity contribution in [2.75, 3.05) is 0 Å². The molecule has 3 heterocycles. The van der Waals surface area contributed by atoms with Crippen molar-refractivity contribution in [3.63, 3.8) is 0 Å². The highest BCUT2D eigenvalue weighted by Gasteiger charge is 2.04. The van der Waals surface area contributed by atoms with E-state index in [1.807, 2.05) is 16.0 Å². The molecule has 4 nitrogen and oxygen atoms in total. The van der Waals surface area contributed by atoms with Gasteiger partial charge in [0.15, 0.2) is 10.6 Å². The fourth-order valence-electron chi connectivity index (χ4n) is 1.20. The number of thiazole rings is 1. The number of hydrogen-bond acceptors (Lipinski definition) is 4. The molecule has 3 aromatic rings. The van der Waals surface area contributed by atoms with Gasteiger partial charge in [-0.25, -0.2) is 9.97 Å². The van der Waals surface area contributed by atoms with E-state index in [9.17, 15) is 0 Å². The highest BCUT2D eigenvalue weighted by atomic mass is 32.1. The van der Waals surface area contributed by atoms with Crippen molar-refractivity contribution in [1.29, 1.82) is 0 Å². The Hall–Kier alpha value is -1.49. The molecule has 0 radical (unpaired) electrons. The summed E-state index contributed by atoms with van der Waals surface area (Å²) in [6.07, 6.45) is 5.26. The number of nitrogens with zero attached hydrogens (tertiary/aromatic N) is 4. The molecule has 0 unspecified atom stereocenters. The van der Waals surface area contributed by atoms with Gasteiger partial charge in [0.1, 0.15) is 11.8 Å². The zero-order chi connectivity index (χ0) is 7.97. The lowest BCUT2D eigenvalue weighted by Gasteiger charge is -1.84. The Bertz CT molecular complexity index is 537. The van der Waals surface area contributed by atoms with Crippen LogP contribution in [0.25, 0.3) is 16.1 Å². The number of imidazole rings is 1. The minimum absolute atomic E-state index is 0.761. The van der Waals surface area contributed by atoms with E-state index in [0.717, 1.165) is 16.1 Å². The summed E-state index contributed by atoms with van der Waals surface area (Å²) in [5, 5.41) is 1.99. The summed E-state index contributed by atoms with van der Waals surface area (Å²) in [4.78, 5) is 13.3. The van der Waals surface area contributed by atoms with Gasteiger partial charge in [0, 0.05) is 11.6 Å². The van der Waals surface area contributed by atoms with Crippen LogP contribution in [0.5, 0.6) is 0 Å². The van der Waals surface area contributed by atoms with Crippen LogP contribution in [0.1, 0.15) is 0 Å². The molecule has 0 aliphatic rings. The lowest BCUT2D eigenvalue weighted by Crippen LogP contribution is -1.80. The van der Waals surface area contributed by atoms with Crippen molar-refractivity contribution in [1.82, 2.24) is 19.4 Å². The molecule has 0 saturated heterocycles. The van der Waals surface area contributed by atoms with Crippen LogP contribution >= 0.6 is 11.3 Å². The summed E-state index contributed by atoms with van der Waals surface area (Å²) >= 11 is 1.60. The third kappa shape index (κ3) is 0.634. The first-order valence-electron chi connectivity index (χ1n) is 3.46. The molecule has 12 heavy (non-hydrogen) atoms. The van der Waals surface area contributed by atoms with Gasteiger partial charge >= 0.3 is 0 Å². The summed E-state index contributed by atoms with van der Waals surface area (Å²) in [7, 11) is 0. The Labute approximate surface area is 71.5 Å². The van der Waals surface area contributed by atoms with Crippen molar-refractivity contribution >= 4 is 27.5 Å². The van der Waals surface area contributed by atoms with Crippen molar-refractivity contribution in [2.45, 2.75) is 0 Å². The van der Waals surface area contributed by atoms with E-state index in [0.29, 0.717) is 0 Å². The number of hydrogen-bond donors (Lipinski definition) is 0. The van der Waals surface area contributed by atoms with Gasteiger partial charge in [0.2, 0.25) is 0 Å². The van der Waals surface area contributed by atoms with Gasteiger partial charge in [-0.1, -0.05) is 0 Å². The number of aromatic nitrogens is 4. The molecule has 0 amide bonds. The lowest BCUT2D eigenvalue weighted by molar-refractivity contribution is 1.19. The Morgan fingerprint density at radius 3 is 3.42 bits per heavy atom. The van der Waals surface area contributed by atoms with Crippen molar-refractivity contribution in [3.8, 4) is 0 Å². The average Bonchev–Trinajstić information content (AvgIpc) is 2.62. The number of fused-ring (bicyclic) bond motifs is 3. The topological polar surface area (TPSA) is 43.1 Å². The van der Waals surface area contributed by atoms with E-state index in [-0.39, 0.29) is 0 Å². The Balaban J connectivity index is 2.68. The second-order valence-corrected chi connectivity index (χ2v) is 3.27. The van der Waals surface area contributed by atoms with Gasteiger partial charge in [-0.15, -0.1) is 11.3 Å². The van der Waals surface area contributed by atoms with Crippen LogP contribution in [-0.4, -0.2) is 19.4 Å². The molecule has 5 heteroatoms. The van der Waals surface area contributed by atoms with Crippen LogP contribution in [0, 0.1) is 0 Å². The molecule has 3 aromatic heterocycles. The first kappa shape index (κ1) is 6.07. The highest BCUT2D eigenvalue weighted by molar-refractivity contribution is 7.15. The summed E-state index contributed by atoms with van der Waals surface area (Å²) in [6, 6.07) is 0. The van der Waals surface area contributed by atoms with Crippen LogP contribution in [0.2, 0.25) is 0 Å². The SMILES string of the molecule is c1ncc2c(n1)nc1sccn12. The third-order valence-corrected chi connectivity index (χ3v) is 2.48. The fraction of sp³-hybridized carbons (Fsp3) is 0. The molecule has 3 rings (SSSR count). The van der Waals surface area contributed by atoms with Gasteiger partial charge in [-0.05, 0) is 0 Å². The average molecular weight is 176 g/mol. The van der Waals surface area contributed by atoms with Gasteiger partial charge in [-0.3, -0.25) is 4.40 Å². The van der Waals surface area contributed by atoms with Crippen LogP contribution in [-0.2, 0) is 0 Å². The summed E-state index contributed by atoms with van der Waals surface area (Å²) in [5.41, 5.74) is 1.73. The zero-order valence-electron chi connectivity index (χ0n) is 6.01. The molecule has 0 bridgehead atoms. The monoisotopic (exact) mass is 176 g/mol. The smallest absolute Gasteiger partial charge is 0.196 e.